The summed E-state index contributed by atoms with van der Waals surface area (Å²) in [6, 6.07) is 17.9. The number of ether oxygens (including phenoxy) is 1. The molecule has 9 heteroatoms. The standard InChI is InChI=1S/C29H29F3N4OS/c1-28(2,3)18-36-16-14-21-20(17-36)11-7-13-23(21)37-26-22(12-8-15-33-26)34-27-35-25(29(30,31)32)24(38-27)19-9-5-4-6-10-19/h4-13,15H,14,16-18H2,1-3H3,(H,34,35). The van der Waals surface area contributed by atoms with E-state index in [9.17, 15) is 13.2 Å². The van der Waals surface area contributed by atoms with Gasteiger partial charge in [-0.15, -0.1) is 0 Å². The van der Waals surface area contributed by atoms with Crippen LogP contribution in [0.5, 0.6) is 11.6 Å². The molecule has 1 aliphatic rings. The first-order valence-electron chi connectivity index (χ1n) is 12.4. The average Bonchev–Trinajstić information content (AvgIpc) is 3.29. The predicted molar refractivity (Wildman–Crippen MR) is 145 cm³/mol. The highest BCUT2D eigenvalue weighted by atomic mass is 32.1. The molecule has 4 aromatic rings. The molecule has 0 atom stereocenters. The fourth-order valence-corrected chi connectivity index (χ4v) is 5.68. The lowest BCUT2D eigenvalue weighted by molar-refractivity contribution is -0.140. The Morgan fingerprint density at radius 2 is 1.79 bits per heavy atom. The maximum absolute atomic E-state index is 13.8. The van der Waals surface area contributed by atoms with Crippen LogP contribution in [0.15, 0.2) is 66.9 Å². The topological polar surface area (TPSA) is 50.3 Å². The van der Waals surface area contributed by atoms with Crippen molar-refractivity contribution in [1.29, 1.82) is 0 Å². The monoisotopic (exact) mass is 538 g/mol. The lowest BCUT2D eigenvalue weighted by Crippen LogP contribution is -2.36. The third kappa shape index (κ3) is 6.00. The molecular formula is C29H29F3N4OS. The zero-order valence-corrected chi connectivity index (χ0v) is 22.3. The van der Waals surface area contributed by atoms with Crippen LogP contribution in [0.2, 0.25) is 0 Å². The van der Waals surface area contributed by atoms with Crippen molar-refractivity contribution < 1.29 is 17.9 Å². The molecule has 0 amide bonds. The molecule has 3 heterocycles. The normalized spacial score (nSPS) is 14.3. The van der Waals surface area contributed by atoms with E-state index in [1.165, 1.54) is 5.56 Å². The van der Waals surface area contributed by atoms with Gasteiger partial charge in [0.05, 0.1) is 4.88 Å². The molecular weight excluding hydrogens is 509 g/mol. The van der Waals surface area contributed by atoms with Crippen LogP contribution in [0.3, 0.4) is 0 Å². The van der Waals surface area contributed by atoms with Crippen molar-refractivity contribution in [3.63, 3.8) is 0 Å². The van der Waals surface area contributed by atoms with Gasteiger partial charge in [-0.05, 0) is 41.2 Å². The minimum atomic E-state index is -4.58. The zero-order chi connectivity index (χ0) is 26.9. The minimum Gasteiger partial charge on any atom is -0.437 e. The maximum Gasteiger partial charge on any atom is 0.434 e. The van der Waals surface area contributed by atoms with E-state index in [4.69, 9.17) is 4.74 Å². The number of thiazole rings is 1. The fraction of sp³-hybridized carbons (Fsp3) is 0.310. The molecule has 0 saturated carbocycles. The van der Waals surface area contributed by atoms with Crippen molar-refractivity contribution in [2.45, 2.75) is 39.9 Å². The maximum atomic E-state index is 13.8. The van der Waals surface area contributed by atoms with Gasteiger partial charge in [0.1, 0.15) is 11.4 Å². The number of fused-ring (bicyclic) bond motifs is 1. The molecule has 198 valence electrons. The molecule has 0 aliphatic carbocycles. The van der Waals surface area contributed by atoms with Gasteiger partial charge in [-0.2, -0.15) is 13.2 Å². The third-order valence-electron chi connectivity index (χ3n) is 6.15. The van der Waals surface area contributed by atoms with E-state index in [-0.39, 0.29) is 21.3 Å². The van der Waals surface area contributed by atoms with Crippen LogP contribution in [0.25, 0.3) is 10.4 Å². The summed E-state index contributed by atoms with van der Waals surface area (Å²) in [5.41, 5.74) is 2.55. The summed E-state index contributed by atoms with van der Waals surface area (Å²) in [7, 11) is 0. The van der Waals surface area contributed by atoms with Gasteiger partial charge in [-0.3, -0.25) is 4.90 Å². The number of pyridine rings is 1. The Bertz CT molecular complexity index is 1410. The van der Waals surface area contributed by atoms with E-state index in [0.717, 1.165) is 43.0 Å². The molecule has 0 bridgehead atoms. The Balaban J connectivity index is 1.41. The molecule has 5 nitrogen and oxygen atoms in total. The number of halogens is 3. The van der Waals surface area contributed by atoms with Crippen molar-refractivity contribution in [2.75, 3.05) is 18.4 Å². The van der Waals surface area contributed by atoms with Crippen molar-refractivity contribution in [3.8, 4) is 22.1 Å². The van der Waals surface area contributed by atoms with Crippen molar-refractivity contribution in [2.24, 2.45) is 5.41 Å². The first-order chi connectivity index (χ1) is 18.1. The summed E-state index contributed by atoms with van der Waals surface area (Å²) in [6.45, 7) is 9.49. The van der Waals surface area contributed by atoms with E-state index in [0.29, 0.717) is 17.0 Å². The van der Waals surface area contributed by atoms with Gasteiger partial charge >= 0.3 is 6.18 Å². The second-order valence-electron chi connectivity index (χ2n) is 10.6. The highest BCUT2D eigenvalue weighted by Crippen LogP contribution is 2.43. The number of anilines is 2. The number of hydrogen-bond donors (Lipinski definition) is 1. The fourth-order valence-electron chi connectivity index (χ4n) is 4.67. The Kier molecular flexibility index (Phi) is 7.15. The van der Waals surface area contributed by atoms with Crippen molar-refractivity contribution in [1.82, 2.24) is 14.9 Å². The zero-order valence-electron chi connectivity index (χ0n) is 21.5. The Morgan fingerprint density at radius 1 is 1.00 bits per heavy atom. The molecule has 0 fully saturated rings. The molecule has 1 aliphatic heterocycles. The quantitative estimate of drug-likeness (QED) is 0.268. The molecule has 0 saturated heterocycles. The molecule has 0 radical (unpaired) electrons. The summed E-state index contributed by atoms with van der Waals surface area (Å²) in [4.78, 5) is 10.8. The lowest BCUT2D eigenvalue weighted by Gasteiger charge is -2.34. The molecule has 0 unspecified atom stereocenters. The number of nitrogens with one attached hydrogen (secondary N) is 1. The van der Waals surface area contributed by atoms with Crippen LogP contribution >= 0.6 is 11.3 Å². The number of alkyl halides is 3. The van der Waals surface area contributed by atoms with Gasteiger partial charge in [-0.1, -0.05) is 74.6 Å². The van der Waals surface area contributed by atoms with Gasteiger partial charge in [0, 0.05) is 31.4 Å². The van der Waals surface area contributed by atoms with Gasteiger partial charge in [0.25, 0.3) is 0 Å². The van der Waals surface area contributed by atoms with Crippen LogP contribution in [0, 0.1) is 5.41 Å². The van der Waals surface area contributed by atoms with Crippen LogP contribution in [-0.2, 0) is 19.1 Å². The second kappa shape index (κ2) is 10.4. The first kappa shape index (κ1) is 26.2. The smallest absolute Gasteiger partial charge is 0.434 e. The van der Waals surface area contributed by atoms with Gasteiger partial charge in [-0.25, -0.2) is 9.97 Å². The lowest BCUT2D eigenvalue weighted by atomic mass is 9.93. The summed E-state index contributed by atoms with van der Waals surface area (Å²) < 4.78 is 47.7. The van der Waals surface area contributed by atoms with Crippen molar-refractivity contribution >= 4 is 22.2 Å². The van der Waals surface area contributed by atoms with Crippen LogP contribution in [-0.4, -0.2) is 28.0 Å². The Labute approximate surface area is 224 Å². The average molecular weight is 539 g/mol. The second-order valence-corrected chi connectivity index (χ2v) is 11.6. The number of nitrogens with zero attached hydrogens (tertiary/aromatic N) is 3. The summed E-state index contributed by atoms with van der Waals surface area (Å²) in [5.74, 6) is 0.989. The molecule has 2 aromatic heterocycles. The van der Waals surface area contributed by atoms with E-state index in [1.54, 1.807) is 48.7 Å². The van der Waals surface area contributed by atoms with E-state index in [1.807, 2.05) is 12.1 Å². The molecule has 1 N–H and O–H groups in total. The largest absolute Gasteiger partial charge is 0.437 e. The van der Waals surface area contributed by atoms with E-state index < -0.39 is 11.9 Å². The van der Waals surface area contributed by atoms with E-state index >= 15 is 0 Å². The Morgan fingerprint density at radius 3 is 2.53 bits per heavy atom. The third-order valence-corrected chi connectivity index (χ3v) is 7.17. The first-order valence-corrected chi connectivity index (χ1v) is 13.2. The van der Waals surface area contributed by atoms with Gasteiger partial charge in [0.2, 0.25) is 5.88 Å². The number of benzene rings is 2. The number of aromatic nitrogens is 2. The minimum absolute atomic E-state index is 0.0592. The van der Waals surface area contributed by atoms with Crippen LogP contribution in [0.1, 0.15) is 37.6 Å². The highest BCUT2D eigenvalue weighted by Gasteiger charge is 2.38. The summed E-state index contributed by atoms with van der Waals surface area (Å²) in [6.07, 6.45) is -2.14. The summed E-state index contributed by atoms with van der Waals surface area (Å²) in [5, 5.41) is 3.13. The van der Waals surface area contributed by atoms with Crippen LogP contribution in [0.4, 0.5) is 24.0 Å². The number of hydrogen-bond acceptors (Lipinski definition) is 6. The molecule has 2 aromatic carbocycles. The SMILES string of the molecule is CC(C)(C)CN1CCc2c(cccc2Oc2ncccc2Nc2nc(C(F)(F)F)c(-c3ccccc3)s2)C1. The van der Waals surface area contributed by atoms with Crippen molar-refractivity contribution in [3.05, 3.63) is 83.7 Å². The highest BCUT2D eigenvalue weighted by molar-refractivity contribution is 7.19. The molecule has 5 rings (SSSR count). The van der Waals surface area contributed by atoms with Crippen LogP contribution < -0.4 is 10.1 Å². The predicted octanol–water partition coefficient (Wildman–Crippen LogP) is 8.16. The van der Waals surface area contributed by atoms with E-state index in [2.05, 4.69) is 47.0 Å². The number of rotatable bonds is 6. The van der Waals surface area contributed by atoms with Gasteiger partial charge in [0.15, 0.2) is 10.8 Å². The summed E-state index contributed by atoms with van der Waals surface area (Å²) >= 11 is 0.946. The van der Waals surface area contributed by atoms with Gasteiger partial charge < -0.3 is 10.1 Å². The Hall–Kier alpha value is -3.43. The molecule has 0 spiro atoms. The molecule has 38 heavy (non-hydrogen) atoms.